The van der Waals surface area contributed by atoms with Gasteiger partial charge in [0, 0.05) is 18.6 Å². The summed E-state index contributed by atoms with van der Waals surface area (Å²) in [5, 5.41) is 11.6. The molecule has 6 heteroatoms. The predicted octanol–water partition coefficient (Wildman–Crippen LogP) is 0.839. The van der Waals surface area contributed by atoms with Crippen molar-refractivity contribution in [3.05, 3.63) is 0 Å². The minimum absolute atomic E-state index is 0.169. The van der Waals surface area contributed by atoms with E-state index in [9.17, 15) is 13.2 Å². The van der Waals surface area contributed by atoms with E-state index in [-0.39, 0.29) is 25.2 Å². The van der Waals surface area contributed by atoms with E-state index in [1.54, 1.807) is 20.9 Å². The number of alkyl halides is 3. The fourth-order valence-electron chi connectivity index (χ4n) is 1.21. The van der Waals surface area contributed by atoms with E-state index in [1.165, 1.54) is 4.90 Å². The second-order valence-electron chi connectivity index (χ2n) is 3.81. The second kappa shape index (κ2) is 6.30. The molecule has 0 aromatic heterocycles. The molecule has 1 unspecified atom stereocenters. The van der Waals surface area contributed by atoms with Crippen molar-refractivity contribution in [2.24, 2.45) is 0 Å². The quantitative estimate of drug-likeness (QED) is 0.707. The molecular weight excluding hydrogens is 209 g/mol. The SMILES string of the molecule is CNC(CO)CN(CC(F)(F)F)C(C)C. The predicted molar refractivity (Wildman–Crippen MR) is 52.7 cm³/mol. The van der Waals surface area contributed by atoms with Crippen molar-refractivity contribution in [2.75, 3.05) is 26.7 Å². The highest BCUT2D eigenvalue weighted by Crippen LogP contribution is 2.18. The van der Waals surface area contributed by atoms with Crippen molar-refractivity contribution in [3.8, 4) is 0 Å². The molecule has 15 heavy (non-hydrogen) atoms. The van der Waals surface area contributed by atoms with Gasteiger partial charge in [0.15, 0.2) is 0 Å². The Labute approximate surface area is 88.3 Å². The number of nitrogens with one attached hydrogen (secondary N) is 1. The Hall–Kier alpha value is -0.330. The van der Waals surface area contributed by atoms with E-state index >= 15 is 0 Å². The van der Waals surface area contributed by atoms with Crippen LogP contribution in [0.15, 0.2) is 0 Å². The maximum Gasteiger partial charge on any atom is 0.401 e. The van der Waals surface area contributed by atoms with Gasteiger partial charge < -0.3 is 10.4 Å². The lowest BCUT2D eigenvalue weighted by molar-refractivity contribution is -0.150. The normalized spacial score (nSPS) is 15.0. The molecule has 0 saturated carbocycles. The molecule has 0 spiro atoms. The smallest absolute Gasteiger partial charge is 0.395 e. The zero-order chi connectivity index (χ0) is 12.1. The molecule has 0 heterocycles. The Kier molecular flexibility index (Phi) is 6.16. The van der Waals surface area contributed by atoms with Gasteiger partial charge >= 0.3 is 6.18 Å². The molecule has 0 rings (SSSR count). The van der Waals surface area contributed by atoms with Crippen LogP contribution in [0.1, 0.15) is 13.8 Å². The first-order valence-corrected chi connectivity index (χ1v) is 4.89. The van der Waals surface area contributed by atoms with Gasteiger partial charge in [-0.15, -0.1) is 0 Å². The van der Waals surface area contributed by atoms with Gasteiger partial charge in [-0.25, -0.2) is 0 Å². The number of hydrogen-bond acceptors (Lipinski definition) is 3. The number of rotatable bonds is 6. The highest BCUT2D eigenvalue weighted by Gasteiger charge is 2.32. The standard InChI is InChI=1S/C9H19F3N2O/c1-7(2)14(6-9(10,11)12)4-8(5-15)13-3/h7-8,13,15H,4-6H2,1-3H3. The van der Waals surface area contributed by atoms with Crippen LogP contribution in [0.5, 0.6) is 0 Å². The van der Waals surface area contributed by atoms with E-state index in [2.05, 4.69) is 5.32 Å². The summed E-state index contributed by atoms with van der Waals surface area (Å²) in [6, 6.07) is -0.524. The van der Waals surface area contributed by atoms with Crippen LogP contribution in [-0.2, 0) is 0 Å². The largest absolute Gasteiger partial charge is 0.401 e. The summed E-state index contributed by atoms with van der Waals surface area (Å²) in [4.78, 5) is 1.29. The molecule has 92 valence electrons. The fraction of sp³-hybridized carbons (Fsp3) is 1.00. The molecule has 0 aliphatic rings. The van der Waals surface area contributed by atoms with Crippen molar-refractivity contribution in [3.63, 3.8) is 0 Å². The Balaban J connectivity index is 4.27. The Morgan fingerprint density at radius 1 is 1.33 bits per heavy atom. The number of aliphatic hydroxyl groups excluding tert-OH is 1. The summed E-state index contributed by atoms with van der Waals surface area (Å²) in [6.07, 6.45) is -4.20. The van der Waals surface area contributed by atoms with Crippen LogP contribution in [0.2, 0.25) is 0 Å². The minimum Gasteiger partial charge on any atom is -0.395 e. The van der Waals surface area contributed by atoms with Crippen molar-refractivity contribution < 1.29 is 18.3 Å². The maximum absolute atomic E-state index is 12.2. The minimum atomic E-state index is -4.20. The van der Waals surface area contributed by atoms with Gasteiger partial charge in [0.25, 0.3) is 0 Å². The lowest BCUT2D eigenvalue weighted by Crippen LogP contribution is -2.47. The van der Waals surface area contributed by atoms with Crippen LogP contribution in [0.3, 0.4) is 0 Å². The second-order valence-corrected chi connectivity index (χ2v) is 3.81. The number of nitrogens with zero attached hydrogens (tertiary/aromatic N) is 1. The maximum atomic E-state index is 12.2. The van der Waals surface area contributed by atoms with Crippen LogP contribution < -0.4 is 5.32 Å². The zero-order valence-corrected chi connectivity index (χ0v) is 9.30. The Morgan fingerprint density at radius 2 is 1.87 bits per heavy atom. The third kappa shape index (κ3) is 6.70. The molecule has 1 atom stereocenters. The van der Waals surface area contributed by atoms with Gasteiger partial charge in [-0.05, 0) is 20.9 Å². The summed E-state index contributed by atoms with van der Waals surface area (Å²) >= 11 is 0. The lowest BCUT2D eigenvalue weighted by atomic mass is 10.2. The first kappa shape index (κ1) is 14.7. The van der Waals surface area contributed by atoms with Gasteiger partial charge in [0.2, 0.25) is 0 Å². The van der Waals surface area contributed by atoms with Crippen molar-refractivity contribution in [1.82, 2.24) is 10.2 Å². The van der Waals surface area contributed by atoms with Crippen LogP contribution in [0.25, 0.3) is 0 Å². The van der Waals surface area contributed by atoms with Crippen LogP contribution in [0, 0.1) is 0 Å². The summed E-state index contributed by atoms with van der Waals surface area (Å²) in [6.45, 7) is 2.48. The lowest BCUT2D eigenvalue weighted by Gasteiger charge is -2.30. The van der Waals surface area contributed by atoms with E-state index in [0.717, 1.165) is 0 Å². The molecule has 0 aromatic rings. The monoisotopic (exact) mass is 228 g/mol. The summed E-state index contributed by atoms with van der Waals surface area (Å²) < 4.78 is 36.6. The first-order chi connectivity index (χ1) is 6.80. The first-order valence-electron chi connectivity index (χ1n) is 4.89. The van der Waals surface area contributed by atoms with E-state index in [1.807, 2.05) is 0 Å². The molecule has 0 bridgehead atoms. The topological polar surface area (TPSA) is 35.5 Å². The molecule has 0 saturated heterocycles. The third-order valence-electron chi connectivity index (χ3n) is 2.20. The fourth-order valence-corrected chi connectivity index (χ4v) is 1.21. The van der Waals surface area contributed by atoms with Crippen LogP contribution >= 0.6 is 0 Å². The molecule has 0 aliphatic carbocycles. The molecule has 0 amide bonds. The molecular formula is C9H19F3N2O. The van der Waals surface area contributed by atoms with Gasteiger partial charge in [-0.1, -0.05) is 0 Å². The molecule has 0 radical (unpaired) electrons. The number of halogens is 3. The Morgan fingerprint density at radius 3 is 2.13 bits per heavy atom. The zero-order valence-electron chi connectivity index (χ0n) is 9.30. The molecule has 0 aromatic carbocycles. The molecule has 3 nitrogen and oxygen atoms in total. The summed E-state index contributed by atoms with van der Waals surface area (Å²) in [5.74, 6) is 0. The third-order valence-corrected chi connectivity index (χ3v) is 2.20. The van der Waals surface area contributed by atoms with Crippen LogP contribution in [0.4, 0.5) is 13.2 Å². The van der Waals surface area contributed by atoms with Gasteiger partial charge in [-0.2, -0.15) is 13.2 Å². The number of hydrogen-bond donors (Lipinski definition) is 2. The van der Waals surface area contributed by atoms with Gasteiger partial charge in [0.05, 0.1) is 13.2 Å². The van der Waals surface area contributed by atoms with E-state index < -0.39 is 12.7 Å². The van der Waals surface area contributed by atoms with Crippen LogP contribution in [-0.4, -0.2) is 55.0 Å². The summed E-state index contributed by atoms with van der Waals surface area (Å²) in [5.41, 5.74) is 0. The molecule has 2 N–H and O–H groups in total. The summed E-state index contributed by atoms with van der Waals surface area (Å²) in [7, 11) is 1.62. The van der Waals surface area contributed by atoms with Crippen molar-refractivity contribution >= 4 is 0 Å². The highest BCUT2D eigenvalue weighted by molar-refractivity contribution is 4.74. The highest BCUT2D eigenvalue weighted by atomic mass is 19.4. The van der Waals surface area contributed by atoms with Gasteiger partial charge in [0.1, 0.15) is 0 Å². The average Bonchev–Trinajstić information content (AvgIpc) is 2.09. The average molecular weight is 228 g/mol. The van der Waals surface area contributed by atoms with Crippen molar-refractivity contribution in [1.29, 1.82) is 0 Å². The number of likely N-dealkylation sites (N-methyl/N-ethyl adjacent to an activating group) is 1. The molecule has 0 fully saturated rings. The molecule has 0 aliphatic heterocycles. The van der Waals surface area contributed by atoms with Crippen molar-refractivity contribution in [2.45, 2.75) is 32.1 Å². The van der Waals surface area contributed by atoms with E-state index in [4.69, 9.17) is 5.11 Å². The van der Waals surface area contributed by atoms with Gasteiger partial charge in [-0.3, -0.25) is 4.90 Å². The van der Waals surface area contributed by atoms with E-state index in [0.29, 0.717) is 0 Å². The number of aliphatic hydroxyl groups is 1. The Bertz CT molecular complexity index is 169.